The molecule has 1 aliphatic heterocycles. The molecule has 2 heterocycles. The number of hydrogen-bond acceptors (Lipinski definition) is 4. The molecule has 1 saturated heterocycles. The molecule has 1 atom stereocenters. The van der Waals surface area contributed by atoms with Crippen LogP contribution in [-0.2, 0) is 22.5 Å². The van der Waals surface area contributed by atoms with Crippen molar-refractivity contribution in [2.45, 2.75) is 32.9 Å². The number of aryl methyl sites for hydroxylation is 2. The summed E-state index contributed by atoms with van der Waals surface area (Å²) in [5.41, 5.74) is 5.42. The standard InChI is InChI=1S/C24H28N2O3/c1-17-8-9-22-20(16-29-24(22)18(17)2)12-23(27)25-13-21-15-26(10-11-28-21)14-19-6-4-3-5-7-19/h3-9,16,21H,10-15H2,1-2H3,(H,25,27)/t21-/m1/s1. The molecule has 1 aliphatic rings. The maximum atomic E-state index is 12.5. The van der Waals surface area contributed by atoms with Gasteiger partial charge in [-0.3, -0.25) is 9.69 Å². The van der Waals surface area contributed by atoms with Crippen LogP contribution in [0.15, 0.2) is 53.1 Å². The van der Waals surface area contributed by atoms with Gasteiger partial charge in [-0.05, 0) is 30.5 Å². The third kappa shape index (κ3) is 4.69. The molecule has 0 saturated carbocycles. The Morgan fingerprint density at radius 1 is 1.17 bits per heavy atom. The smallest absolute Gasteiger partial charge is 0.224 e. The van der Waals surface area contributed by atoms with Crippen LogP contribution in [0.4, 0.5) is 0 Å². The summed E-state index contributed by atoms with van der Waals surface area (Å²) in [6.07, 6.45) is 2.04. The predicted octanol–water partition coefficient (Wildman–Crippen LogP) is 3.61. The van der Waals surface area contributed by atoms with E-state index >= 15 is 0 Å². The van der Waals surface area contributed by atoms with Crippen LogP contribution in [0.3, 0.4) is 0 Å². The van der Waals surface area contributed by atoms with Crippen molar-refractivity contribution in [2.75, 3.05) is 26.2 Å². The number of carbonyl (C=O) groups is 1. The molecule has 0 radical (unpaired) electrons. The molecule has 1 amide bonds. The van der Waals surface area contributed by atoms with E-state index in [1.165, 1.54) is 11.1 Å². The highest BCUT2D eigenvalue weighted by molar-refractivity contribution is 5.89. The number of carbonyl (C=O) groups excluding carboxylic acids is 1. The summed E-state index contributed by atoms with van der Waals surface area (Å²) < 4.78 is 11.6. The molecule has 0 unspecified atom stereocenters. The minimum Gasteiger partial charge on any atom is -0.464 e. The van der Waals surface area contributed by atoms with Crippen LogP contribution >= 0.6 is 0 Å². The van der Waals surface area contributed by atoms with Crippen molar-refractivity contribution in [1.82, 2.24) is 10.2 Å². The topological polar surface area (TPSA) is 54.7 Å². The van der Waals surface area contributed by atoms with Crippen LogP contribution in [0.5, 0.6) is 0 Å². The Morgan fingerprint density at radius 3 is 2.83 bits per heavy atom. The number of morpholine rings is 1. The number of rotatable bonds is 6. The van der Waals surface area contributed by atoms with Crippen molar-refractivity contribution in [3.63, 3.8) is 0 Å². The Morgan fingerprint density at radius 2 is 2.00 bits per heavy atom. The van der Waals surface area contributed by atoms with E-state index in [1.807, 2.05) is 19.1 Å². The van der Waals surface area contributed by atoms with Crippen LogP contribution in [-0.4, -0.2) is 43.2 Å². The van der Waals surface area contributed by atoms with Gasteiger partial charge in [0.05, 0.1) is 25.4 Å². The maximum absolute atomic E-state index is 12.5. The van der Waals surface area contributed by atoms with E-state index in [0.29, 0.717) is 19.6 Å². The number of fused-ring (bicyclic) bond motifs is 1. The molecule has 5 nitrogen and oxygen atoms in total. The summed E-state index contributed by atoms with van der Waals surface area (Å²) in [6, 6.07) is 14.6. The lowest BCUT2D eigenvalue weighted by atomic mass is 10.0. The highest BCUT2D eigenvalue weighted by Crippen LogP contribution is 2.26. The van der Waals surface area contributed by atoms with Gasteiger partial charge in [0.25, 0.3) is 0 Å². The van der Waals surface area contributed by atoms with E-state index in [9.17, 15) is 4.79 Å². The van der Waals surface area contributed by atoms with Gasteiger partial charge in [0.1, 0.15) is 5.58 Å². The summed E-state index contributed by atoms with van der Waals surface area (Å²) in [6.45, 7) is 7.98. The Kier molecular flexibility index (Phi) is 5.97. The average molecular weight is 392 g/mol. The first-order valence-corrected chi connectivity index (χ1v) is 10.2. The minimum absolute atomic E-state index is 0.00490. The lowest BCUT2D eigenvalue weighted by molar-refractivity contribution is -0.121. The van der Waals surface area contributed by atoms with Crippen LogP contribution in [0.2, 0.25) is 0 Å². The number of furan rings is 1. The maximum Gasteiger partial charge on any atom is 0.224 e. The fraction of sp³-hybridized carbons (Fsp3) is 0.375. The third-order valence-corrected chi connectivity index (χ3v) is 5.69. The third-order valence-electron chi connectivity index (χ3n) is 5.69. The molecule has 4 rings (SSSR count). The lowest BCUT2D eigenvalue weighted by Crippen LogP contribution is -2.47. The summed E-state index contributed by atoms with van der Waals surface area (Å²) in [4.78, 5) is 14.9. The first-order valence-electron chi connectivity index (χ1n) is 10.2. The molecule has 1 aromatic heterocycles. The SMILES string of the molecule is Cc1ccc2c(CC(=O)NC[C@@H]3CN(Cc4ccccc4)CCO3)coc2c1C. The molecule has 29 heavy (non-hydrogen) atoms. The second kappa shape index (κ2) is 8.80. The molecule has 2 aromatic carbocycles. The molecule has 0 aliphatic carbocycles. The summed E-state index contributed by atoms with van der Waals surface area (Å²) in [5, 5.41) is 4.05. The van der Waals surface area contributed by atoms with Crippen molar-refractivity contribution < 1.29 is 13.9 Å². The van der Waals surface area contributed by atoms with Crippen LogP contribution in [0, 0.1) is 13.8 Å². The van der Waals surface area contributed by atoms with E-state index in [1.54, 1.807) is 6.26 Å². The molecule has 0 spiro atoms. The summed E-state index contributed by atoms with van der Waals surface area (Å²) >= 11 is 0. The number of nitrogens with zero attached hydrogens (tertiary/aromatic N) is 1. The minimum atomic E-state index is -0.00490. The first-order chi connectivity index (χ1) is 14.1. The average Bonchev–Trinajstić information content (AvgIpc) is 3.13. The highest BCUT2D eigenvalue weighted by atomic mass is 16.5. The Hall–Kier alpha value is -2.63. The van der Waals surface area contributed by atoms with Crippen molar-refractivity contribution >= 4 is 16.9 Å². The number of benzene rings is 2. The van der Waals surface area contributed by atoms with Crippen molar-refractivity contribution in [1.29, 1.82) is 0 Å². The van der Waals surface area contributed by atoms with Gasteiger partial charge in [-0.25, -0.2) is 0 Å². The lowest BCUT2D eigenvalue weighted by Gasteiger charge is -2.33. The van der Waals surface area contributed by atoms with Crippen LogP contribution < -0.4 is 5.32 Å². The summed E-state index contributed by atoms with van der Waals surface area (Å²) in [7, 11) is 0. The molecule has 5 heteroatoms. The van der Waals surface area contributed by atoms with Gasteiger partial charge in [-0.15, -0.1) is 0 Å². The number of nitrogens with one attached hydrogen (secondary N) is 1. The van der Waals surface area contributed by atoms with Gasteiger partial charge in [0.2, 0.25) is 5.91 Å². The van der Waals surface area contributed by atoms with E-state index in [4.69, 9.17) is 9.15 Å². The number of hydrogen-bond donors (Lipinski definition) is 1. The van der Waals surface area contributed by atoms with E-state index in [0.717, 1.165) is 41.7 Å². The number of ether oxygens (including phenoxy) is 1. The van der Waals surface area contributed by atoms with Crippen LogP contribution in [0.1, 0.15) is 22.3 Å². The monoisotopic (exact) mass is 392 g/mol. The van der Waals surface area contributed by atoms with Gasteiger partial charge in [0.15, 0.2) is 0 Å². The predicted molar refractivity (Wildman–Crippen MR) is 114 cm³/mol. The summed E-state index contributed by atoms with van der Waals surface area (Å²) in [5.74, 6) is -0.00490. The van der Waals surface area contributed by atoms with Crippen molar-refractivity contribution in [2.24, 2.45) is 0 Å². The molecule has 152 valence electrons. The zero-order valence-corrected chi connectivity index (χ0v) is 17.1. The van der Waals surface area contributed by atoms with Gasteiger partial charge in [-0.2, -0.15) is 0 Å². The Bertz CT molecular complexity index is 980. The van der Waals surface area contributed by atoms with E-state index in [2.05, 4.69) is 47.5 Å². The fourth-order valence-electron chi connectivity index (χ4n) is 3.88. The highest BCUT2D eigenvalue weighted by Gasteiger charge is 2.21. The quantitative estimate of drug-likeness (QED) is 0.696. The van der Waals surface area contributed by atoms with E-state index < -0.39 is 0 Å². The normalized spacial score (nSPS) is 17.5. The fourth-order valence-corrected chi connectivity index (χ4v) is 3.88. The second-order valence-corrected chi connectivity index (χ2v) is 7.84. The molecule has 1 fully saturated rings. The van der Waals surface area contributed by atoms with Gasteiger partial charge in [-0.1, -0.05) is 42.5 Å². The molecular weight excluding hydrogens is 364 g/mol. The van der Waals surface area contributed by atoms with Crippen LogP contribution in [0.25, 0.3) is 11.0 Å². The van der Waals surface area contributed by atoms with Crippen molar-refractivity contribution in [3.8, 4) is 0 Å². The first kappa shape index (κ1) is 19.7. The second-order valence-electron chi connectivity index (χ2n) is 7.84. The number of amides is 1. The van der Waals surface area contributed by atoms with E-state index in [-0.39, 0.29) is 12.0 Å². The van der Waals surface area contributed by atoms with Gasteiger partial charge >= 0.3 is 0 Å². The van der Waals surface area contributed by atoms with Gasteiger partial charge < -0.3 is 14.5 Å². The van der Waals surface area contributed by atoms with Crippen molar-refractivity contribution in [3.05, 3.63) is 71.0 Å². The molecule has 1 N–H and O–H groups in total. The largest absolute Gasteiger partial charge is 0.464 e. The zero-order valence-electron chi connectivity index (χ0n) is 17.1. The molecular formula is C24H28N2O3. The molecule has 3 aromatic rings. The molecule has 0 bridgehead atoms. The Balaban J connectivity index is 1.30. The Labute approximate surface area is 171 Å². The zero-order chi connectivity index (χ0) is 20.2. The van der Waals surface area contributed by atoms with Gasteiger partial charge in [0, 0.05) is 37.1 Å².